The third kappa shape index (κ3) is 4.26. The maximum Gasteiger partial charge on any atom is 0.315 e. The zero-order valence-corrected chi connectivity index (χ0v) is 16.9. The first-order valence-corrected chi connectivity index (χ1v) is 10.8. The number of nitrogens with one attached hydrogen (secondary N) is 3. The second-order valence-electron chi connectivity index (χ2n) is 9.22. The molecule has 2 saturated carbocycles. The van der Waals surface area contributed by atoms with Crippen LogP contribution in [0.4, 0.5) is 4.79 Å². The van der Waals surface area contributed by atoms with Crippen LogP contribution in [0.5, 0.6) is 0 Å². The summed E-state index contributed by atoms with van der Waals surface area (Å²) >= 11 is 0. The fourth-order valence-electron chi connectivity index (χ4n) is 4.60. The molecule has 4 aliphatic rings. The lowest BCUT2D eigenvalue weighted by Crippen LogP contribution is -2.53. The van der Waals surface area contributed by atoms with E-state index in [1.165, 1.54) is 19.3 Å². The molecule has 4 fully saturated rings. The van der Waals surface area contributed by atoms with Crippen LogP contribution >= 0.6 is 0 Å². The third-order valence-corrected chi connectivity index (χ3v) is 6.47. The summed E-state index contributed by atoms with van der Waals surface area (Å²) in [4.78, 5) is 42.0. The van der Waals surface area contributed by atoms with Gasteiger partial charge in [0.15, 0.2) is 0 Å². The van der Waals surface area contributed by atoms with E-state index >= 15 is 0 Å². The van der Waals surface area contributed by atoms with E-state index in [9.17, 15) is 14.4 Å². The molecule has 2 saturated heterocycles. The van der Waals surface area contributed by atoms with Gasteiger partial charge in [0.05, 0.1) is 6.04 Å². The zero-order valence-electron chi connectivity index (χ0n) is 16.9. The molecule has 2 aliphatic carbocycles. The third-order valence-electron chi connectivity index (χ3n) is 6.47. The van der Waals surface area contributed by atoms with Crippen molar-refractivity contribution < 1.29 is 14.4 Å². The van der Waals surface area contributed by atoms with Crippen LogP contribution < -0.4 is 16.0 Å². The number of amides is 4. The highest BCUT2D eigenvalue weighted by molar-refractivity contribution is 5.90. The smallest absolute Gasteiger partial charge is 0.315 e. The fraction of sp³-hybridized carbons (Fsp3) is 0.850. The molecular weight excluding hydrogens is 358 g/mol. The van der Waals surface area contributed by atoms with Crippen molar-refractivity contribution in [1.82, 2.24) is 25.8 Å². The fourth-order valence-corrected chi connectivity index (χ4v) is 4.60. The van der Waals surface area contributed by atoms with Gasteiger partial charge in [0.1, 0.15) is 6.04 Å². The van der Waals surface area contributed by atoms with Crippen LogP contribution in [0.25, 0.3) is 0 Å². The molecule has 4 amide bonds. The van der Waals surface area contributed by atoms with Gasteiger partial charge in [-0.25, -0.2) is 4.79 Å². The second kappa shape index (κ2) is 7.89. The van der Waals surface area contributed by atoms with Crippen molar-refractivity contribution >= 4 is 17.8 Å². The van der Waals surface area contributed by atoms with Crippen molar-refractivity contribution in [3.8, 4) is 0 Å². The summed E-state index contributed by atoms with van der Waals surface area (Å²) in [5.41, 5.74) is 0. The average Bonchev–Trinajstić information content (AvgIpc) is 3.35. The van der Waals surface area contributed by atoms with Gasteiger partial charge in [-0.15, -0.1) is 0 Å². The van der Waals surface area contributed by atoms with Gasteiger partial charge in [0.2, 0.25) is 11.8 Å². The Bertz CT molecular complexity index is 631. The number of carbonyl (C=O) groups is 3. The van der Waals surface area contributed by atoms with Gasteiger partial charge in [-0.3, -0.25) is 14.5 Å². The molecule has 2 aliphatic heterocycles. The maximum atomic E-state index is 13.2. The Morgan fingerprint density at radius 2 is 1.75 bits per heavy atom. The van der Waals surface area contributed by atoms with E-state index in [0.717, 1.165) is 25.8 Å². The van der Waals surface area contributed by atoms with E-state index in [4.69, 9.17) is 0 Å². The molecule has 0 unspecified atom stereocenters. The molecule has 2 heterocycles. The quantitative estimate of drug-likeness (QED) is 0.633. The van der Waals surface area contributed by atoms with Gasteiger partial charge in [-0.1, -0.05) is 6.42 Å². The van der Waals surface area contributed by atoms with E-state index in [-0.39, 0.29) is 41.9 Å². The summed E-state index contributed by atoms with van der Waals surface area (Å²) < 4.78 is 0. The molecule has 0 aromatic heterocycles. The summed E-state index contributed by atoms with van der Waals surface area (Å²) in [7, 11) is 0. The van der Waals surface area contributed by atoms with Crippen LogP contribution in [0.1, 0.15) is 52.4 Å². The number of nitrogens with zero attached hydrogens (tertiary/aromatic N) is 2. The van der Waals surface area contributed by atoms with Crippen molar-refractivity contribution in [1.29, 1.82) is 0 Å². The van der Waals surface area contributed by atoms with Gasteiger partial charge in [-0.05, 0) is 46.0 Å². The van der Waals surface area contributed by atoms with Gasteiger partial charge in [0, 0.05) is 43.7 Å². The van der Waals surface area contributed by atoms with E-state index < -0.39 is 6.04 Å². The number of carbonyl (C=O) groups excluding carboxylic acids is 3. The van der Waals surface area contributed by atoms with Crippen molar-refractivity contribution in [2.45, 2.75) is 82.6 Å². The Kier molecular flexibility index (Phi) is 5.49. The summed E-state index contributed by atoms with van der Waals surface area (Å²) in [6, 6.07) is -0.00939. The number of hydrogen-bond acceptors (Lipinski definition) is 4. The second-order valence-corrected chi connectivity index (χ2v) is 9.22. The molecular formula is C20H33N5O3. The van der Waals surface area contributed by atoms with Crippen LogP contribution in [0.15, 0.2) is 0 Å². The minimum Gasteiger partial charge on any atom is -0.343 e. The maximum absolute atomic E-state index is 13.2. The molecule has 8 nitrogen and oxygen atoms in total. The zero-order chi connectivity index (χ0) is 19.8. The van der Waals surface area contributed by atoms with Gasteiger partial charge < -0.3 is 20.9 Å². The number of urea groups is 1. The predicted molar refractivity (Wildman–Crippen MR) is 105 cm³/mol. The summed E-state index contributed by atoms with van der Waals surface area (Å²) in [5.74, 6) is 0.127. The van der Waals surface area contributed by atoms with Crippen molar-refractivity contribution in [2.75, 3.05) is 19.6 Å². The summed E-state index contributed by atoms with van der Waals surface area (Å²) in [6.07, 6.45) is 6.21. The Morgan fingerprint density at radius 1 is 1.00 bits per heavy atom. The van der Waals surface area contributed by atoms with Crippen molar-refractivity contribution in [3.05, 3.63) is 0 Å². The monoisotopic (exact) mass is 391 g/mol. The lowest BCUT2D eigenvalue weighted by molar-refractivity contribution is -0.136. The van der Waals surface area contributed by atoms with Gasteiger partial charge in [-0.2, -0.15) is 0 Å². The van der Waals surface area contributed by atoms with Crippen LogP contribution in [-0.2, 0) is 9.59 Å². The van der Waals surface area contributed by atoms with Crippen LogP contribution in [0.3, 0.4) is 0 Å². The van der Waals surface area contributed by atoms with Gasteiger partial charge >= 0.3 is 6.03 Å². The highest BCUT2D eigenvalue weighted by Crippen LogP contribution is 2.32. The summed E-state index contributed by atoms with van der Waals surface area (Å²) in [5, 5.41) is 8.89. The molecule has 3 atom stereocenters. The van der Waals surface area contributed by atoms with Crippen LogP contribution in [-0.4, -0.2) is 77.5 Å². The van der Waals surface area contributed by atoms with Gasteiger partial charge in [0.25, 0.3) is 0 Å². The Hall–Kier alpha value is -1.83. The Labute approximate surface area is 166 Å². The first-order chi connectivity index (χ1) is 13.4. The molecule has 4 rings (SSSR count). The lowest BCUT2D eigenvalue weighted by atomic mass is 9.90. The van der Waals surface area contributed by atoms with Crippen LogP contribution in [0, 0.1) is 5.92 Å². The standard InChI is InChI=1S/C20H33N5O3/c1-12(2)21-20(28)22-14-8-16-10-24(15-4-3-5-15)11-17(19(27)25(16)9-14)23-18(26)13-6-7-13/h12-17H,3-11H2,1-2H3,(H,23,26)(H2,21,22,28)/t14-,16-,17-/m0/s1. The first-order valence-electron chi connectivity index (χ1n) is 10.8. The minimum absolute atomic E-state index is 0.00870. The molecule has 156 valence electrons. The largest absolute Gasteiger partial charge is 0.343 e. The Balaban J connectivity index is 1.44. The number of fused-ring (bicyclic) bond motifs is 1. The number of hydrogen-bond donors (Lipinski definition) is 3. The van der Waals surface area contributed by atoms with Crippen molar-refractivity contribution in [3.63, 3.8) is 0 Å². The molecule has 0 spiro atoms. The first kappa shape index (κ1) is 19.5. The highest BCUT2D eigenvalue weighted by atomic mass is 16.2. The van der Waals surface area contributed by atoms with E-state index in [1.54, 1.807) is 0 Å². The summed E-state index contributed by atoms with van der Waals surface area (Å²) in [6.45, 7) is 5.81. The normalized spacial score (nSPS) is 31.2. The van der Waals surface area contributed by atoms with Crippen molar-refractivity contribution in [2.24, 2.45) is 5.92 Å². The topological polar surface area (TPSA) is 93.8 Å². The molecule has 28 heavy (non-hydrogen) atoms. The SMILES string of the molecule is CC(C)NC(=O)N[C@H]1C[C@H]2CN(C3CCC3)C[C@H](NC(=O)C3CC3)C(=O)N2C1. The average molecular weight is 392 g/mol. The molecule has 0 aromatic rings. The van der Waals surface area contributed by atoms with E-state index in [1.807, 2.05) is 18.7 Å². The lowest BCUT2D eigenvalue weighted by Gasteiger charge is -2.38. The number of rotatable bonds is 5. The highest BCUT2D eigenvalue weighted by Gasteiger charge is 2.45. The van der Waals surface area contributed by atoms with E-state index in [2.05, 4.69) is 20.9 Å². The molecule has 0 aromatic carbocycles. The Morgan fingerprint density at radius 3 is 2.36 bits per heavy atom. The predicted octanol–water partition coefficient (Wildman–Crippen LogP) is 0.426. The molecule has 8 heteroatoms. The van der Waals surface area contributed by atoms with E-state index in [0.29, 0.717) is 19.1 Å². The minimum atomic E-state index is -0.470. The molecule has 0 bridgehead atoms. The molecule has 0 radical (unpaired) electrons. The van der Waals surface area contributed by atoms with Crippen LogP contribution in [0.2, 0.25) is 0 Å². The molecule has 3 N–H and O–H groups in total.